The number of carbonyl (C=O) groups is 1. The van der Waals surface area contributed by atoms with E-state index in [9.17, 15) is 26.4 Å². The standard InChI is InChI=1S/C18H24F3N3O5S/c1-10(18(19,20)21)29-15-6-13(23-8-12(15)11-4-5-11)14(25)7-17(2,16(22)24-26)9-30(3,27)28/h6,8,10-11,26H,4-5,7,9H2,1-3H3,(H2,22,24)/t10-,17?/m0/s1. The Morgan fingerprint density at radius 1 is 1.43 bits per heavy atom. The third-order valence-corrected chi connectivity index (χ3v) is 5.98. The number of sulfone groups is 1. The van der Waals surface area contributed by atoms with Crippen molar-refractivity contribution in [3.8, 4) is 5.75 Å². The summed E-state index contributed by atoms with van der Waals surface area (Å²) < 4.78 is 67.4. The van der Waals surface area contributed by atoms with Gasteiger partial charge in [0.2, 0.25) is 0 Å². The smallest absolute Gasteiger partial charge is 0.425 e. The first kappa shape index (κ1) is 23.9. The number of pyridine rings is 1. The second-order valence-corrected chi connectivity index (χ2v) is 10.0. The second kappa shape index (κ2) is 8.40. The number of carbonyl (C=O) groups excluding carboxylic acids is 1. The first-order valence-corrected chi connectivity index (χ1v) is 11.1. The first-order chi connectivity index (χ1) is 13.7. The van der Waals surface area contributed by atoms with Crippen LogP contribution in [0.4, 0.5) is 13.2 Å². The molecule has 12 heteroatoms. The van der Waals surface area contributed by atoms with E-state index >= 15 is 0 Å². The second-order valence-electron chi connectivity index (χ2n) is 7.90. The number of nitrogens with two attached hydrogens (primary N) is 1. The van der Waals surface area contributed by atoms with Crippen molar-refractivity contribution in [2.75, 3.05) is 12.0 Å². The van der Waals surface area contributed by atoms with Gasteiger partial charge in [0.15, 0.2) is 11.9 Å². The lowest BCUT2D eigenvalue weighted by Crippen LogP contribution is -2.42. The van der Waals surface area contributed by atoms with Crippen LogP contribution in [-0.2, 0) is 9.84 Å². The van der Waals surface area contributed by atoms with Crippen molar-refractivity contribution < 1.29 is 36.3 Å². The minimum Gasteiger partial charge on any atom is -0.481 e. The molecule has 2 rings (SSSR count). The minimum absolute atomic E-state index is 0.0183. The van der Waals surface area contributed by atoms with Crippen molar-refractivity contribution in [2.24, 2.45) is 16.3 Å². The zero-order valence-corrected chi connectivity index (χ0v) is 17.5. The number of oxime groups is 1. The Labute approximate surface area is 172 Å². The molecule has 1 unspecified atom stereocenters. The Kier molecular flexibility index (Phi) is 6.69. The normalized spacial score (nSPS) is 18.5. The number of alkyl halides is 3. The lowest BCUT2D eigenvalue weighted by atomic mass is 9.85. The average Bonchev–Trinajstić information content (AvgIpc) is 3.43. The summed E-state index contributed by atoms with van der Waals surface area (Å²) in [6, 6.07) is 1.13. The molecule has 0 aliphatic heterocycles. The Bertz CT molecular complexity index is 945. The highest BCUT2D eigenvalue weighted by molar-refractivity contribution is 7.90. The molecule has 30 heavy (non-hydrogen) atoms. The van der Waals surface area contributed by atoms with Gasteiger partial charge in [0.25, 0.3) is 0 Å². The van der Waals surface area contributed by atoms with E-state index in [1.807, 2.05) is 0 Å². The molecule has 0 radical (unpaired) electrons. The summed E-state index contributed by atoms with van der Waals surface area (Å²) in [7, 11) is -3.61. The summed E-state index contributed by atoms with van der Waals surface area (Å²) in [5, 5.41) is 11.8. The fourth-order valence-electron chi connectivity index (χ4n) is 3.02. The SMILES string of the molecule is C[C@H](Oc1cc(C(=O)CC(C)(CS(C)(=O)=O)/C(N)=N/O)ncc1C1CC1)C(F)(F)F. The summed E-state index contributed by atoms with van der Waals surface area (Å²) in [6.07, 6.45) is -3.36. The zero-order valence-electron chi connectivity index (χ0n) is 16.7. The molecule has 1 aliphatic rings. The van der Waals surface area contributed by atoms with Crippen molar-refractivity contribution in [2.45, 2.75) is 51.3 Å². The van der Waals surface area contributed by atoms with Gasteiger partial charge in [-0.1, -0.05) is 12.1 Å². The summed E-state index contributed by atoms with van der Waals surface area (Å²) in [5.74, 6) is -1.78. The molecule has 1 fully saturated rings. The Balaban J connectivity index is 2.35. The van der Waals surface area contributed by atoms with Crippen molar-refractivity contribution in [1.29, 1.82) is 0 Å². The molecule has 0 aromatic carbocycles. The lowest BCUT2D eigenvalue weighted by Gasteiger charge is -2.26. The van der Waals surface area contributed by atoms with Crippen LogP contribution in [0, 0.1) is 5.41 Å². The number of ether oxygens (including phenoxy) is 1. The molecule has 0 bridgehead atoms. The highest BCUT2D eigenvalue weighted by atomic mass is 32.2. The maximum atomic E-state index is 12.9. The number of ketones is 1. The lowest BCUT2D eigenvalue weighted by molar-refractivity contribution is -0.189. The van der Waals surface area contributed by atoms with Gasteiger partial charge in [0.05, 0.1) is 5.75 Å². The summed E-state index contributed by atoms with van der Waals surface area (Å²) in [4.78, 5) is 16.8. The number of amidine groups is 1. The molecule has 168 valence electrons. The number of rotatable bonds is 9. The van der Waals surface area contributed by atoms with E-state index in [1.165, 1.54) is 13.1 Å². The average molecular weight is 451 g/mol. The van der Waals surface area contributed by atoms with Crippen LogP contribution in [0.25, 0.3) is 0 Å². The molecule has 0 spiro atoms. The Hall–Kier alpha value is -2.37. The van der Waals surface area contributed by atoms with E-state index in [4.69, 9.17) is 15.7 Å². The van der Waals surface area contributed by atoms with E-state index in [-0.39, 0.29) is 17.4 Å². The molecule has 2 atom stereocenters. The maximum absolute atomic E-state index is 12.9. The number of aromatic nitrogens is 1. The van der Waals surface area contributed by atoms with Crippen LogP contribution < -0.4 is 10.5 Å². The molecule has 1 saturated carbocycles. The predicted octanol–water partition coefficient (Wildman–Crippen LogP) is 2.66. The molecule has 1 aliphatic carbocycles. The van der Waals surface area contributed by atoms with Gasteiger partial charge in [-0.15, -0.1) is 0 Å². The van der Waals surface area contributed by atoms with E-state index in [0.29, 0.717) is 5.56 Å². The fraction of sp³-hybridized carbons (Fsp3) is 0.611. The van der Waals surface area contributed by atoms with E-state index < -0.39 is 51.3 Å². The van der Waals surface area contributed by atoms with Crippen LogP contribution in [-0.4, -0.2) is 54.5 Å². The quantitative estimate of drug-likeness (QED) is 0.194. The minimum atomic E-state index is -4.59. The van der Waals surface area contributed by atoms with Gasteiger partial charge in [0.1, 0.15) is 27.1 Å². The van der Waals surface area contributed by atoms with Crippen molar-refractivity contribution in [3.05, 3.63) is 23.5 Å². The zero-order chi connectivity index (χ0) is 22.9. The van der Waals surface area contributed by atoms with Gasteiger partial charge in [-0.2, -0.15) is 13.2 Å². The van der Waals surface area contributed by atoms with Crippen LogP contribution in [0.15, 0.2) is 17.4 Å². The van der Waals surface area contributed by atoms with Crippen molar-refractivity contribution in [1.82, 2.24) is 4.98 Å². The number of hydrogen-bond acceptors (Lipinski definition) is 7. The molecular formula is C18H24F3N3O5S. The molecule has 1 aromatic rings. The van der Waals surface area contributed by atoms with E-state index in [0.717, 1.165) is 32.1 Å². The molecule has 0 amide bonds. The van der Waals surface area contributed by atoms with Gasteiger partial charge >= 0.3 is 6.18 Å². The Morgan fingerprint density at radius 2 is 2.03 bits per heavy atom. The predicted molar refractivity (Wildman–Crippen MR) is 103 cm³/mol. The highest BCUT2D eigenvalue weighted by Crippen LogP contribution is 2.45. The van der Waals surface area contributed by atoms with Gasteiger partial charge in [-0.3, -0.25) is 9.78 Å². The summed E-state index contributed by atoms with van der Waals surface area (Å²) in [5.41, 5.74) is 4.37. The largest absolute Gasteiger partial charge is 0.481 e. The Morgan fingerprint density at radius 3 is 2.50 bits per heavy atom. The number of halogens is 3. The van der Waals surface area contributed by atoms with E-state index in [1.54, 1.807) is 0 Å². The number of hydrogen-bond donors (Lipinski definition) is 2. The molecule has 8 nitrogen and oxygen atoms in total. The topological polar surface area (TPSA) is 132 Å². The third-order valence-electron chi connectivity index (χ3n) is 4.82. The molecule has 3 N–H and O–H groups in total. The van der Waals surface area contributed by atoms with Crippen LogP contribution in [0.2, 0.25) is 0 Å². The first-order valence-electron chi connectivity index (χ1n) is 9.08. The number of nitrogens with zero attached hydrogens (tertiary/aromatic N) is 2. The highest BCUT2D eigenvalue weighted by Gasteiger charge is 2.40. The number of Topliss-reactive ketones (excluding diaryl/α,β-unsaturated/α-hetero) is 1. The van der Waals surface area contributed by atoms with Crippen molar-refractivity contribution in [3.63, 3.8) is 0 Å². The van der Waals surface area contributed by atoms with Gasteiger partial charge < -0.3 is 15.7 Å². The fourth-order valence-corrected chi connectivity index (χ4v) is 4.43. The van der Waals surface area contributed by atoms with Gasteiger partial charge in [0, 0.05) is 35.9 Å². The molecular weight excluding hydrogens is 427 g/mol. The monoisotopic (exact) mass is 451 g/mol. The summed E-state index contributed by atoms with van der Waals surface area (Å²) >= 11 is 0. The summed E-state index contributed by atoms with van der Waals surface area (Å²) in [6.45, 7) is 2.20. The van der Waals surface area contributed by atoms with Crippen molar-refractivity contribution >= 4 is 21.5 Å². The van der Waals surface area contributed by atoms with Crippen LogP contribution in [0.5, 0.6) is 5.75 Å². The molecule has 1 heterocycles. The van der Waals surface area contributed by atoms with Gasteiger partial charge in [-0.05, 0) is 25.7 Å². The van der Waals surface area contributed by atoms with Gasteiger partial charge in [-0.25, -0.2) is 8.42 Å². The molecule has 0 saturated heterocycles. The maximum Gasteiger partial charge on any atom is 0.425 e. The van der Waals surface area contributed by atoms with E-state index in [2.05, 4.69) is 10.1 Å². The van der Waals surface area contributed by atoms with Crippen LogP contribution in [0.1, 0.15) is 55.1 Å². The molecule has 1 aromatic heterocycles. The van der Waals surface area contributed by atoms with Crippen LogP contribution >= 0.6 is 0 Å². The third kappa shape index (κ3) is 6.07. The van der Waals surface area contributed by atoms with Crippen LogP contribution in [0.3, 0.4) is 0 Å².